The van der Waals surface area contributed by atoms with Gasteiger partial charge in [0.15, 0.2) is 0 Å². The third-order valence-corrected chi connectivity index (χ3v) is 3.97. The predicted molar refractivity (Wildman–Crippen MR) is 80.2 cm³/mol. The Hall–Kier alpha value is -1.49. The van der Waals surface area contributed by atoms with E-state index in [9.17, 15) is 0 Å². The van der Waals surface area contributed by atoms with Crippen molar-refractivity contribution >= 4 is 28.1 Å². The molecule has 2 aromatic rings. The second-order valence-corrected chi connectivity index (χ2v) is 5.14. The molecule has 0 aliphatic rings. The zero-order valence-electron chi connectivity index (χ0n) is 11.5. The monoisotopic (exact) mass is 279 g/mol. The van der Waals surface area contributed by atoms with E-state index < -0.39 is 0 Å². The normalized spacial score (nSPS) is 11.7. The smallest absolute Gasteiger partial charge is 0.204 e. The minimum atomic E-state index is 0.250. The van der Waals surface area contributed by atoms with Gasteiger partial charge in [-0.2, -0.15) is 0 Å². The van der Waals surface area contributed by atoms with Gasteiger partial charge in [0.1, 0.15) is 10.3 Å². The minimum Gasteiger partial charge on any atom is -0.372 e. The van der Waals surface area contributed by atoms with E-state index in [0.717, 1.165) is 10.3 Å². The molecule has 2 rings (SSSR count). The number of hydrogen-bond acceptors (Lipinski definition) is 4. The summed E-state index contributed by atoms with van der Waals surface area (Å²) in [5.74, 6) is 0.658. The number of nitrogens with zero attached hydrogens (tertiary/aromatic N) is 2. The first kappa shape index (κ1) is 15.6. The lowest BCUT2D eigenvalue weighted by Gasteiger charge is -2.12. The summed E-state index contributed by atoms with van der Waals surface area (Å²) in [7, 11) is 0. The Bertz CT molecular complexity index is 498. The van der Waals surface area contributed by atoms with Crippen LogP contribution in [0, 0.1) is 0 Å². The van der Waals surface area contributed by atoms with Crippen molar-refractivity contribution in [1.82, 2.24) is 9.97 Å². The fourth-order valence-electron chi connectivity index (χ4n) is 2.10. The Balaban J connectivity index is 0.000000550. The zero-order valence-corrected chi connectivity index (χ0v) is 12.3. The van der Waals surface area contributed by atoms with E-state index in [-0.39, 0.29) is 6.41 Å². The second-order valence-electron chi connectivity index (χ2n) is 4.28. The predicted octanol–water partition coefficient (Wildman–Crippen LogP) is 3.48. The summed E-state index contributed by atoms with van der Waals surface area (Å²) in [6.45, 7) is 4.51. The number of aromatic nitrogens is 2. The Labute approximate surface area is 118 Å². The van der Waals surface area contributed by atoms with Crippen molar-refractivity contribution in [2.45, 2.75) is 45.4 Å². The van der Waals surface area contributed by atoms with Crippen LogP contribution in [0.4, 0.5) is 0 Å². The van der Waals surface area contributed by atoms with Gasteiger partial charge in [0.25, 0.3) is 0 Å². The van der Waals surface area contributed by atoms with Gasteiger partial charge in [-0.15, -0.1) is 11.3 Å². The summed E-state index contributed by atoms with van der Waals surface area (Å²) in [6, 6.07) is 0. The maximum absolute atomic E-state index is 8.58. The van der Waals surface area contributed by atoms with E-state index in [1.807, 2.05) is 0 Å². The molecule has 0 bridgehead atoms. The Morgan fingerprint density at radius 2 is 2.05 bits per heavy atom. The lowest BCUT2D eigenvalue weighted by Crippen LogP contribution is -1.97. The molecule has 19 heavy (non-hydrogen) atoms. The molecule has 0 aromatic carbocycles. The Morgan fingerprint density at radius 1 is 1.37 bits per heavy atom. The lowest BCUT2D eigenvalue weighted by atomic mass is 9.93. The molecule has 1 atom stereocenters. The van der Waals surface area contributed by atoms with Crippen molar-refractivity contribution in [3.05, 3.63) is 23.3 Å². The summed E-state index contributed by atoms with van der Waals surface area (Å²) in [6.07, 6.45) is 8.86. The Morgan fingerprint density at radius 3 is 2.68 bits per heavy atom. The molecule has 104 valence electrons. The van der Waals surface area contributed by atoms with Crippen molar-refractivity contribution in [2.75, 3.05) is 0 Å². The third kappa shape index (κ3) is 4.28. The fourth-order valence-corrected chi connectivity index (χ4v) is 3.05. The van der Waals surface area contributed by atoms with Gasteiger partial charge in [-0.1, -0.05) is 26.7 Å². The van der Waals surface area contributed by atoms with Gasteiger partial charge in [0.05, 0.1) is 0 Å². The van der Waals surface area contributed by atoms with Crippen molar-refractivity contribution in [2.24, 2.45) is 5.73 Å². The van der Waals surface area contributed by atoms with Crippen molar-refractivity contribution in [1.29, 1.82) is 0 Å². The molecule has 1 amide bonds. The van der Waals surface area contributed by atoms with Crippen LogP contribution >= 0.6 is 11.3 Å². The van der Waals surface area contributed by atoms with E-state index in [1.54, 1.807) is 23.7 Å². The molecule has 1 unspecified atom stereocenters. The SMILES string of the molecule is CCCCC(CC)c1csc2nccnc12.NC=O. The van der Waals surface area contributed by atoms with Gasteiger partial charge in [-0.3, -0.25) is 9.78 Å². The maximum atomic E-state index is 8.58. The molecule has 2 N–H and O–H groups in total. The molecular weight excluding hydrogens is 258 g/mol. The average molecular weight is 279 g/mol. The van der Waals surface area contributed by atoms with Gasteiger partial charge in [0, 0.05) is 12.4 Å². The standard InChI is InChI=1S/C13H18N2S.CH3NO/c1-3-5-6-10(4-2)11-9-16-13-12(11)14-7-8-15-13;2-1-3/h7-10H,3-6H2,1-2H3;1H,(H2,2,3). The van der Waals surface area contributed by atoms with Crippen molar-refractivity contribution < 1.29 is 4.79 Å². The van der Waals surface area contributed by atoms with E-state index in [1.165, 1.54) is 31.2 Å². The summed E-state index contributed by atoms with van der Waals surface area (Å²) < 4.78 is 0. The number of fused-ring (bicyclic) bond motifs is 1. The highest BCUT2D eigenvalue weighted by atomic mass is 32.1. The van der Waals surface area contributed by atoms with Crippen LogP contribution < -0.4 is 5.73 Å². The first-order valence-electron chi connectivity index (χ1n) is 6.61. The summed E-state index contributed by atoms with van der Waals surface area (Å²) in [4.78, 5) is 18.5. The van der Waals surface area contributed by atoms with Crippen LogP contribution in [-0.2, 0) is 4.79 Å². The number of thiophene rings is 1. The molecule has 2 heterocycles. The highest BCUT2D eigenvalue weighted by Crippen LogP contribution is 2.33. The molecule has 0 fully saturated rings. The number of carbonyl (C=O) groups excluding carboxylic acids is 1. The van der Waals surface area contributed by atoms with Crippen LogP contribution in [0.25, 0.3) is 10.3 Å². The molecule has 0 aliphatic heterocycles. The maximum Gasteiger partial charge on any atom is 0.204 e. The number of primary amides is 1. The van der Waals surface area contributed by atoms with Crippen LogP contribution in [0.2, 0.25) is 0 Å². The fraction of sp³-hybridized carbons (Fsp3) is 0.500. The summed E-state index contributed by atoms with van der Waals surface area (Å²) in [5.41, 5.74) is 6.69. The third-order valence-electron chi connectivity index (χ3n) is 3.07. The Kier molecular flexibility index (Phi) is 7.03. The van der Waals surface area contributed by atoms with Crippen LogP contribution in [0.5, 0.6) is 0 Å². The largest absolute Gasteiger partial charge is 0.372 e. The first-order chi connectivity index (χ1) is 9.28. The number of nitrogens with two attached hydrogens (primary N) is 1. The van der Waals surface area contributed by atoms with Crippen molar-refractivity contribution in [3.63, 3.8) is 0 Å². The molecule has 0 saturated carbocycles. The average Bonchev–Trinajstić information content (AvgIpc) is 2.85. The molecule has 0 saturated heterocycles. The number of amides is 1. The van der Waals surface area contributed by atoms with Crippen LogP contribution in [0.1, 0.15) is 51.0 Å². The van der Waals surface area contributed by atoms with Crippen LogP contribution in [0.15, 0.2) is 17.8 Å². The molecule has 5 heteroatoms. The number of rotatable bonds is 5. The van der Waals surface area contributed by atoms with Crippen LogP contribution in [-0.4, -0.2) is 16.4 Å². The first-order valence-corrected chi connectivity index (χ1v) is 7.49. The molecule has 0 aliphatic carbocycles. The number of carbonyl (C=O) groups is 1. The molecule has 2 aromatic heterocycles. The van der Waals surface area contributed by atoms with Gasteiger partial charge in [0.2, 0.25) is 6.41 Å². The van der Waals surface area contributed by atoms with Gasteiger partial charge >= 0.3 is 0 Å². The van der Waals surface area contributed by atoms with Gasteiger partial charge < -0.3 is 5.73 Å². The summed E-state index contributed by atoms with van der Waals surface area (Å²) >= 11 is 1.72. The highest BCUT2D eigenvalue weighted by Gasteiger charge is 2.15. The quantitative estimate of drug-likeness (QED) is 0.852. The van der Waals surface area contributed by atoms with E-state index in [0.29, 0.717) is 5.92 Å². The topological polar surface area (TPSA) is 68.9 Å². The van der Waals surface area contributed by atoms with Gasteiger partial charge in [-0.05, 0) is 29.7 Å². The molecule has 0 radical (unpaired) electrons. The zero-order chi connectivity index (χ0) is 14.1. The van der Waals surface area contributed by atoms with E-state index in [2.05, 4.69) is 34.9 Å². The molecular formula is C14H21N3OS. The second kappa shape index (κ2) is 8.58. The number of hydrogen-bond donors (Lipinski definition) is 1. The molecule has 4 nitrogen and oxygen atoms in total. The highest BCUT2D eigenvalue weighted by molar-refractivity contribution is 7.16. The van der Waals surface area contributed by atoms with Crippen LogP contribution in [0.3, 0.4) is 0 Å². The van der Waals surface area contributed by atoms with Crippen molar-refractivity contribution in [3.8, 4) is 0 Å². The van der Waals surface area contributed by atoms with E-state index in [4.69, 9.17) is 4.79 Å². The van der Waals surface area contributed by atoms with E-state index >= 15 is 0 Å². The number of unbranched alkanes of at least 4 members (excludes halogenated alkanes) is 1. The minimum absolute atomic E-state index is 0.250. The van der Waals surface area contributed by atoms with Gasteiger partial charge in [-0.25, -0.2) is 4.98 Å². The molecule has 0 spiro atoms. The summed E-state index contributed by atoms with van der Waals surface area (Å²) in [5, 5.41) is 2.24. The lowest BCUT2D eigenvalue weighted by molar-refractivity contribution is -0.106.